The van der Waals surface area contributed by atoms with Gasteiger partial charge in [-0.3, -0.25) is 37.3 Å². The van der Waals surface area contributed by atoms with Crippen LogP contribution in [-0.2, 0) is 65.4 Å². The van der Waals surface area contributed by atoms with E-state index in [1.165, 1.54) is 180 Å². The zero-order chi connectivity index (χ0) is 67.9. The van der Waals surface area contributed by atoms with Crippen LogP contribution in [0.15, 0.2) is 0 Å². The monoisotopic (exact) mass is 1350 g/mol. The third kappa shape index (κ3) is 66.7. The minimum Gasteiger partial charge on any atom is -0.462 e. The van der Waals surface area contributed by atoms with Crippen molar-refractivity contribution in [2.24, 2.45) is 11.8 Å². The molecule has 0 aliphatic rings. The van der Waals surface area contributed by atoms with Crippen LogP contribution in [0.3, 0.4) is 0 Å². The van der Waals surface area contributed by atoms with E-state index in [4.69, 9.17) is 37.0 Å². The number of phosphoric ester groups is 2. The molecule has 0 saturated heterocycles. The van der Waals surface area contributed by atoms with E-state index in [1.54, 1.807) is 0 Å². The smallest absolute Gasteiger partial charge is 0.462 e. The molecule has 0 spiro atoms. The van der Waals surface area contributed by atoms with Gasteiger partial charge in [0.2, 0.25) is 0 Å². The lowest BCUT2D eigenvalue weighted by Gasteiger charge is -2.21. The Labute approximate surface area is 562 Å². The Morgan fingerprint density at radius 3 is 0.739 bits per heavy atom. The van der Waals surface area contributed by atoms with Gasteiger partial charge in [-0.25, -0.2) is 9.13 Å². The van der Waals surface area contributed by atoms with Crippen LogP contribution in [0.1, 0.15) is 375 Å². The van der Waals surface area contributed by atoms with Crippen molar-refractivity contribution in [3.63, 3.8) is 0 Å². The molecule has 0 heterocycles. The number of hydrogen-bond donors (Lipinski definition) is 3. The molecule has 0 radical (unpaired) electrons. The number of unbranched alkanes of at least 4 members (excludes halogenated alkanes) is 42. The number of carbonyl (C=O) groups is 4. The Balaban J connectivity index is 5.15. The molecule has 0 aromatic rings. The van der Waals surface area contributed by atoms with Crippen LogP contribution in [0, 0.1) is 11.8 Å². The van der Waals surface area contributed by atoms with Gasteiger partial charge in [-0.1, -0.05) is 324 Å². The number of rotatable bonds is 72. The maximum Gasteiger partial charge on any atom is 0.472 e. The number of carbonyl (C=O) groups excluding carboxylic acids is 4. The SMILES string of the molecule is CCCCCCCCCCCCCCCC(=O)OC[C@H](COP(=O)(O)OC[C@@H](O)COP(=O)(O)OC[C@@H](COC(=O)CCCCCCCCC)OC(=O)CCCCCCCCCCC(C)C)OC(=O)CCCCCCCCCCCCCCCCCCCCC(C)C. The summed E-state index contributed by atoms with van der Waals surface area (Å²) in [6.45, 7) is 9.52. The Kier molecular flexibility index (Phi) is 63.7. The number of hydrogen-bond acceptors (Lipinski definition) is 15. The van der Waals surface area contributed by atoms with Gasteiger partial charge in [0.25, 0.3) is 0 Å². The maximum atomic E-state index is 13.1. The van der Waals surface area contributed by atoms with Gasteiger partial charge >= 0.3 is 39.5 Å². The van der Waals surface area contributed by atoms with E-state index in [9.17, 15) is 43.2 Å². The predicted molar refractivity (Wildman–Crippen MR) is 372 cm³/mol. The number of esters is 4. The summed E-state index contributed by atoms with van der Waals surface area (Å²) in [6.07, 6.45) is 51.6. The topological polar surface area (TPSA) is 237 Å². The first-order valence-electron chi connectivity index (χ1n) is 38.0. The van der Waals surface area contributed by atoms with Crippen molar-refractivity contribution in [3.05, 3.63) is 0 Å². The van der Waals surface area contributed by atoms with Gasteiger partial charge < -0.3 is 33.8 Å². The van der Waals surface area contributed by atoms with Gasteiger partial charge in [0, 0.05) is 25.7 Å². The Morgan fingerprint density at radius 2 is 0.500 bits per heavy atom. The summed E-state index contributed by atoms with van der Waals surface area (Å²) in [5, 5.41) is 10.6. The lowest BCUT2D eigenvalue weighted by atomic mass is 10.0. The summed E-state index contributed by atoms with van der Waals surface area (Å²) in [5.74, 6) is -0.587. The van der Waals surface area contributed by atoms with Crippen molar-refractivity contribution in [2.45, 2.75) is 394 Å². The highest BCUT2D eigenvalue weighted by atomic mass is 31.2. The first kappa shape index (κ1) is 90.1. The highest BCUT2D eigenvalue weighted by Gasteiger charge is 2.30. The van der Waals surface area contributed by atoms with Crippen LogP contribution >= 0.6 is 15.6 Å². The highest BCUT2D eigenvalue weighted by Crippen LogP contribution is 2.45. The third-order valence-electron chi connectivity index (χ3n) is 17.0. The highest BCUT2D eigenvalue weighted by molar-refractivity contribution is 7.47. The lowest BCUT2D eigenvalue weighted by molar-refractivity contribution is -0.161. The molecular formula is C73H142O17P2. The van der Waals surface area contributed by atoms with Crippen LogP contribution in [-0.4, -0.2) is 96.7 Å². The van der Waals surface area contributed by atoms with Gasteiger partial charge in [-0.15, -0.1) is 0 Å². The van der Waals surface area contributed by atoms with Crippen molar-refractivity contribution in [1.82, 2.24) is 0 Å². The normalized spacial score (nSPS) is 14.1. The Hall–Kier alpha value is -1.94. The second-order valence-electron chi connectivity index (χ2n) is 27.3. The van der Waals surface area contributed by atoms with Gasteiger partial charge in [0.15, 0.2) is 12.2 Å². The van der Waals surface area contributed by atoms with Gasteiger partial charge in [-0.2, -0.15) is 0 Å². The van der Waals surface area contributed by atoms with Gasteiger partial charge in [0.05, 0.1) is 26.4 Å². The summed E-state index contributed by atoms with van der Waals surface area (Å²) in [4.78, 5) is 72.5. The summed E-state index contributed by atoms with van der Waals surface area (Å²) in [7, 11) is -9.90. The maximum absolute atomic E-state index is 13.1. The molecule has 92 heavy (non-hydrogen) atoms. The summed E-state index contributed by atoms with van der Waals surface area (Å²) < 4.78 is 68.3. The van der Waals surface area contributed by atoms with Crippen molar-refractivity contribution in [2.75, 3.05) is 39.6 Å². The number of aliphatic hydroxyl groups is 1. The molecule has 0 aromatic heterocycles. The molecule has 0 aliphatic heterocycles. The average molecular weight is 1350 g/mol. The van der Waals surface area contributed by atoms with Crippen molar-refractivity contribution in [3.8, 4) is 0 Å². The minimum atomic E-state index is -4.95. The number of phosphoric acid groups is 2. The van der Waals surface area contributed by atoms with Crippen LogP contribution < -0.4 is 0 Å². The fraction of sp³-hybridized carbons (Fsp3) is 0.945. The van der Waals surface area contributed by atoms with Crippen molar-refractivity contribution >= 4 is 39.5 Å². The minimum absolute atomic E-state index is 0.104. The first-order valence-corrected chi connectivity index (χ1v) is 41.0. The van der Waals surface area contributed by atoms with E-state index in [-0.39, 0.29) is 25.7 Å². The second kappa shape index (κ2) is 65.0. The van der Waals surface area contributed by atoms with Gasteiger partial charge in [-0.05, 0) is 37.5 Å². The molecule has 0 bridgehead atoms. The van der Waals surface area contributed by atoms with E-state index < -0.39 is 97.5 Å². The molecule has 5 atom stereocenters. The Morgan fingerprint density at radius 1 is 0.293 bits per heavy atom. The predicted octanol–water partition coefficient (Wildman–Crippen LogP) is 21.2. The van der Waals surface area contributed by atoms with Crippen molar-refractivity contribution < 1.29 is 80.2 Å². The molecule has 0 amide bonds. The van der Waals surface area contributed by atoms with Crippen molar-refractivity contribution in [1.29, 1.82) is 0 Å². The first-order chi connectivity index (χ1) is 44.4. The molecule has 3 N–H and O–H groups in total. The Bertz CT molecular complexity index is 1790. The van der Waals surface area contributed by atoms with Crippen LogP contribution in [0.4, 0.5) is 0 Å². The number of aliphatic hydroxyl groups excluding tert-OH is 1. The molecule has 19 heteroatoms. The quantitative estimate of drug-likeness (QED) is 0.0222. The summed E-state index contributed by atoms with van der Waals surface area (Å²) >= 11 is 0. The van der Waals surface area contributed by atoms with Crippen LogP contribution in [0.25, 0.3) is 0 Å². The molecular weight excluding hydrogens is 1210 g/mol. The van der Waals surface area contributed by atoms with Gasteiger partial charge in [0.1, 0.15) is 19.3 Å². The molecule has 0 aliphatic carbocycles. The molecule has 0 rings (SSSR count). The van der Waals surface area contributed by atoms with Crippen LogP contribution in [0.5, 0.6) is 0 Å². The fourth-order valence-corrected chi connectivity index (χ4v) is 12.7. The molecule has 2 unspecified atom stereocenters. The van der Waals surface area contributed by atoms with E-state index in [1.807, 2.05) is 0 Å². The lowest BCUT2D eigenvalue weighted by Crippen LogP contribution is -2.30. The van der Waals surface area contributed by atoms with E-state index in [0.717, 1.165) is 115 Å². The average Bonchev–Trinajstić information content (AvgIpc) is 1.95. The summed E-state index contributed by atoms with van der Waals surface area (Å²) in [6, 6.07) is 0. The molecule has 17 nitrogen and oxygen atoms in total. The number of ether oxygens (including phenoxy) is 4. The zero-order valence-electron chi connectivity index (χ0n) is 59.9. The molecule has 0 aromatic carbocycles. The van der Waals surface area contributed by atoms with E-state index >= 15 is 0 Å². The van der Waals surface area contributed by atoms with E-state index in [2.05, 4.69) is 41.5 Å². The second-order valence-corrected chi connectivity index (χ2v) is 30.2. The third-order valence-corrected chi connectivity index (χ3v) is 18.9. The van der Waals surface area contributed by atoms with Crippen LogP contribution in [0.2, 0.25) is 0 Å². The molecule has 0 saturated carbocycles. The van der Waals surface area contributed by atoms with E-state index in [0.29, 0.717) is 25.7 Å². The fourth-order valence-electron chi connectivity index (χ4n) is 11.1. The largest absolute Gasteiger partial charge is 0.472 e. The standard InChI is InChI=1S/C73H142O17P2/c1-7-9-11-13-15-16-17-24-28-31-38-44-50-56-71(76)84-62-69(89-72(77)57-51-45-39-32-29-26-23-21-19-18-20-22-25-27-30-36-41-47-53-65(3)4)64-88-92(81,82)86-60-67(74)59-85-91(79,80)87-63-68(61-83-70(75)55-49-43-35-14-12-10-8-2)90-73(78)58-52-46-40-34-33-37-42-48-54-66(5)6/h65-69,74H,7-64H2,1-6H3,(H,79,80)(H,81,82)/t67-,68+,69+/m0/s1. The summed E-state index contributed by atoms with van der Waals surface area (Å²) in [5.41, 5.74) is 0. The molecule has 546 valence electrons. The molecule has 0 fully saturated rings. The zero-order valence-corrected chi connectivity index (χ0v) is 61.6.